The van der Waals surface area contributed by atoms with Crippen molar-refractivity contribution >= 4 is 29.6 Å². The second-order valence-corrected chi connectivity index (χ2v) is 16.0. The summed E-state index contributed by atoms with van der Waals surface area (Å²) in [6.07, 6.45) is 0.248. The van der Waals surface area contributed by atoms with Crippen molar-refractivity contribution in [2.45, 2.75) is 63.6 Å². The van der Waals surface area contributed by atoms with Crippen molar-refractivity contribution in [3.8, 4) is 0 Å². The van der Waals surface area contributed by atoms with Crippen molar-refractivity contribution in [2.75, 3.05) is 6.61 Å². The van der Waals surface area contributed by atoms with E-state index in [-0.39, 0.29) is 11.5 Å². The van der Waals surface area contributed by atoms with E-state index in [4.69, 9.17) is 4.43 Å². The third kappa shape index (κ3) is 4.90. The molecule has 1 aliphatic rings. The summed E-state index contributed by atoms with van der Waals surface area (Å²) in [6.45, 7) is 8.18. The molecule has 1 atom stereocenters. The molecule has 0 amide bonds. The Morgan fingerprint density at radius 2 is 1.43 bits per heavy atom. The fraction of sp³-hybridized carbons (Fsp3) is 0.355. The van der Waals surface area contributed by atoms with E-state index in [2.05, 4.69) is 37.1 Å². The molecule has 4 aromatic rings. The van der Waals surface area contributed by atoms with E-state index in [1.807, 2.05) is 85.8 Å². The summed E-state index contributed by atoms with van der Waals surface area (Å²) in [7, 11) is -3.04. The number of benzene rings is 3. The second-order valence-electron chi connectivity index (χ2n) is 11.7. The number of fused-ring (bicyclic) bond motifs is 3. The van der Waals surface area contributed by atoms with Gasteiger partial charge in [-0.15, -0.1) is 0 Å². The lowest BCUT2D eigenvalue weighted by molar-refractivity contribution is -0.0697. The lowest BCUT2D eigenvalue weighted by atomic mass is 9.83. The molecule has 3 aromatic carbocycles. The van der Waals surface area contributed by atoms with Gasteiger partial charge in [-0.1, -0.05) is 99.6 Å². The minimum atomic E-state index is -3.04. The normalized spacial score (nSPS) is 18.6. The Morgan fingerprint density at radius 1 is 0.865 bits per heavy atom. The van der Waals surface area contributed by atoms with E-state index < -0.39 is 26.4 Å². The minimum Gasteiger partial charge on any atom is -0.401 e. The molecule has 5 rings (SSSR count). The molecule has 2 N–H and O–H groups in total. The van der Waals surface area contributed by atoms with Crippen LogP contribution in [0.5, 0.6) is 0 Å². The van der Waals surface area contributed by atoms with Crippen LogP contribution >= 0.6 is 0 Å². The molecule has 1 unspecified atom stereocenters. The number of rotatable bonds is 7. The van der Waals surface area contributed by atoms with Gasteiger partial charge in [0.25, 0.3) is 14.2 Å². The van der Waals surface area contributed by atoms with Crippen molar-refractivity contribution in [1.29, 1.82) is 0 Å². The molecule has 2 heterocycles. The molecule has 0 aliphatic carbocycles. The van der Waals surface area contributed by atoms with Gasteiger partial charge in [0.05, 0.1) is 6.61 Å². The maximum absolute atomic E-state index is 15.9. The molecule has 194 valence electrons. The van der Waals surface area contributed by atoms with Crippen LogP contribution in [-0.2, 0) is 17.4 Å². The summed E-state index contributed by atoms with van der Waals surface area (Å²) in [5, 5.41) is 6.20. The van der Waals surface area contributed by atoms with Crippen LogP contribution in [0.2, 0.25) is 5.04 Å². The van der Waals surface area contributed by atoms with Crippen LogP contribution in [-0.4, -0.2) is 31.4 Å². The molecule has 1 aliphatic heterocycles. The van der Waals surface area contributed by atoms with Gasteiger partial charge in [-0.3, -0.25) is 0 Å². The van der Waals surface area contributed by atoms with Gasteiger partial charge in [-0.25, -0.2) is 8.78 Å². The van der Waals surface area contributed by atoms with Crippen molar-refractivity contribution in [3.05, 3.63) is 96.2 Å². The number of nitrogens with one attached hydrogen (secondary N) is 2. The van der Waals surface area contributed by atoms with Crippen LogP contribution in [0.4, 0.5) is 8.78 Å². The Morgan fingerprint density at radius 3 is 2.03 bits per heavy atom. The molecule has 6 heteroatoms. The van der Waals surface area contributed by atoms with Crippen molar-refractivity contribution in [2.24, 2.45) is 0 Å². The van der Waals surface area contributed by atoms with Gasteiger partial charge in [0, 0.05) is 35.1 Å². The Hall–Kier alpha value is -2.80. The highest BCUT2D eigenvalue weighted by atomic mass is 28.4. The average molecular weight is 519 g/mol. The summed E-state index contributed by atoms with van der Waals surface area (Å²) in [4.78, 5) is 3.45. The largest absolute Gasteiger partial charge is 0.401 e. The summed E-state index contributed by atoms with van der Waals surface area (Å²) < 4.78 is 38.3. The molecule has 0 bridgehead atoms. The third-order valence-electron chi connectivity index (χ3n) is 7.73. The van der Waals surface area contributed by atoms with Crippen molar-refractivity contribution in [1.82, 2.24) is 10.3 Å². The number of hydrogen-bond donors (Lipinski definition) is 2. The summed E-state index contributed by atoms with van der Waals surface area (Å²) in [6, 6.07) is 28.0. The molecule has 3 nitrogen and oxygen atoms in total. The summed E-state index contributed by atoms with van der Waals surface area (Å²) in [5.74, 6) is -3.00. The van der Waals surface area contributed by atoms with E-state index >= 15 is 8.78 Å². The molecule has 0 fully saturated rings. The number of aromatic amines is 1. The van der Waals surface area contributed by atoms with Crippen LogP contribution in [0.1, 0.15) is 45.4 Å². The predicted octanol–water partition coefficient (Wildman–Crippen LogP) is 6.17. The highest BCUT2D eigenvalue weighted by Crippen LogP contribution is 2.40. The molecule has 37 heavy (non-hydrogen) atoms. The zero-order chi connectivity index (χ0) is 26.3. The Kier molecular flexibility index (Phi) is 6.63. The molecule has 0 radical (unpaired) electrons. The number of halogens is 2. The molecular formula is C31H36F2N2OSi. The first-order valence-electron chi connectivity index (χ1n) is 13.0. The third-order valence-corrected chi connectivity index (χ3v) is 12.7. The van der Waals surface area contributed by atoms with E-state index in [1.165, 1.54) is 0 Å². The quantitative estimate of drug-likeness (QED) is 0.287. The van der Waals surface area contributed by atoms with Crippen LogP contribution in [0.25, 0.3) is 10.9 Å². The lowest BCUT2D eigenvalue weighted by Crippen LogP contribution is -2.67. The fourth-order valence-corrected chi connectivity index (χ4v) is 10.7. The van der Waals surface area contributed by atoms with E-state index in [1.54, 1.807) is 0 Å². The van der Waals surface area contributed by atoms with E-state index in [0.717, 1.165) is 32.5 Å². The summed E-state index contributed by atoms with van der Waals surface area (Å²) >= 11 is 0. The Labute approximate surface area is 219 Å². The zero-order valence-corrected chi connectivity index (χ0v) is 23.1. The number of aromatic nitrogens is 1. The highest BCUT2D eigenvalue weighted by Gasteiger charge is 2.52. The number of alkyl halides is 2. The van der Waals surface area contributed by atoms with Crippen LogP contribution < -0.4 is 15.7 Å². The molecule has 0 saturated heterocycles. The zero-order valence-electron chi connectivity index (χ0n) is 22.1. The first-order valence-corrected chi connectivity index (χ1v) is 14.9. The average Bonchev–Trinajstić information content (AvgIpc) is 3.22. The standard InChI is InChI=1S/C31H36F2N2OSi/c1-29(2,3)37(23-13-7-5-8-14-23,24-15-9-6-10-16-24)36-22-31(32,33)21-30(4)19-26-25-17-11-12-18-27(25)35-28(26)20-34-30/h5-18,34-35H,19-22H2,1-4H3. The Bertz CT molecular complexity index is 1320. The van der Waals surface area contributed by atoms with Gasteiger partial charge in [0.15, 0.2) is 0 Å². The van der Waals surface area contributed by atoms with Crippen LogP contribution in [0.3, 0.4) is 0 Å². The number of hydrogen-bond acceptors (Lipinski definition) is 2. The van der Waals surface area contributed by atoms with E-state index in [0.29, 0.717) is 13.0 Å². The monoisotopic (exact) mass is 518 g/mol. The SMILES string of the molecule is CC1(CC(F)(F)CO[Si](c2ccccc2)(c2ccccc2)C(C)(C)C)Cc2c([nH]c3ccccc23)CN1. The molecular weight excluding hydrogens is 482 g/mol. The molecule has 1 aromatic heterocycles. The first kappa shape index (κ1) is 25.8. The van der Waals surface area contributed by atoms with E-state index in [9.17, 15) is 0 Å². The maximum atomic E-state index is 15.9. The number of para-hydroxylation sites is 1. The van der Waals surface area contributed by atoms with Gasteiger partial charge < -0.3 is 14.7 Å². The first-order chi connectivity index (χ1) is 17.5. The highest BCUT2D eigenvalue weighted by molar-refractivity contribution is 6.99. The fourth-order valence-electron chi connectivity index (χ4n) is 6.09. The number of H-pyrrole nitrogens is 1. The summed E-state index contributed by atoms with van der Waals surface area (Å²) in [5.41, 5.74) is 2.54. The molecule has 0 saturated carbocycles. The predicted molar refractivity (Wildman–Crippen MR) is 150 cm³/mol. The topological polar surface area (TPSA) is 37.0 Å². The van der Waals surface area contributed by atoms with Gasteiger partial charge in [-0.05, 0) is 40.4 Å². The van der Waals surface area contributed by atoms with Crippen LogP contribution in [0, 0.1) is 0 Å². The smallest absolute Gasteiger partial charge is 0.271 e. The van der Waals surface area contributed by atoms with Gasteiger partial charge in [0.1, 0.15) is 0 Å². The Balaban J connectivity index is 1.43. The van der Waals surface area contributed by atoms with Crippen molar-refractivity contribution in [3.63, 3.8) is 0 Å². The lowest BCUT2D eigenvalue weighted by Gasteiger charge is -2.44. The minimum absolute atomic E-state index is 0.294. The molecule has 0 spiro atoms. The van der Waals surface area contributed by atoms with Gasteiger partial charge >= 0.3 is 0 Å². The van der Waals surface area contributed by atoms with Crippen molar-refractivity contribution < 1.29 is 13.2 Å². The van der Waals surface area contributed by atoms with Crippen LogP contribution in [0.15, 0.2) is 84.9 Å². The second kappa shape index (κ2) is 9.50. The van der Waals surface area contributed by atoms with Gasteiger partial charge in [-0.2, -0.15) is 0 Å². The van der Waals surface area contributed by atoms with Gasteiger partial charge in [0.2, 0.25) is 0 Å². The maximum Gasteiger partial charge on any atom is 0.271 e.